The maximum atomic E-state index is 12.1. The summed E-state index contributed by atoms with van der Waals surface area (Å²) in [5.41, 5.74) is 2.23. The number of hydrogen-bond donors (Lipinski definition) is 3. The zero-order valence-corrected chi connectivity index (χ0v) is 12.7. The van der Waals surface area contributed by atoms with E-state index in [1.54, 1.807) is 0 Å². The van der Waals surface area contributed by atoms with Gasteiger partial charge in [-0.15, -0.1) is 0 Å². The van der Waals surface area contributed by atoms with Crippen LogP contribution >= 0.6 is 0 Å². The molecule has 0 radical (unpaired) electrons. The number of aryl methyl sites for hydroxylation is 1. The molecule has 118 valence electrons. The standard InChI is InChI=1S/C14H23N3O4/c1-4-10-8(2)12(17-16-10)14(19)15-5-9-6-21-7-11(20-3)13(9)18/h9,11,13,18H,4-7H2,1-3H3,(H,15,19)(H,16,17)/t9-,11-,13+/m1/s1. The van der Waals surface area contributed by atoms with Gasteiger partial charge in [0.25, 0.3) is 5.91 Å². The number of carbonyl (C=O) groups is 1. The molecule has 7 heteroatoms. The van der Waals surface area contributed by atoms with Crippen LogP contribution in [-0.4, -0.2) is 60.3 Å². The first-order valence-electron chi connectivity index (χ1n) is 7.19. The lowest BCUT2D eigenvalue weighted by molar-refractivity contribution is -0.132. The Bertz CT molecular complexity index is 489. The molecule has 0 bridgehead atoms. The van der Waals surface area contributed by atoms with Gasteiger partial charge in [0.05, 0.1) is 19.3 Å². The predicted molar refractivity (Wildman–Crippen MR) is 76.1 cm³/mol. The van der Waals surface area contributed by atoms with Gasteiger partial charge in [-0.1, -0.05) is 6.92 Å². The summed E-state index contributed by atoms with van der Waals surface area (Å²) in [4.78, 5) is 12.1. The van der Waals surface area contributed by atoms with Gasteiger partial charge in [0.2, 0.25) is 0 Å². The van der Waals surface area contributed by atoms with Gasteiger partial charge in [-0.05, 0) is 13.3 Å². The van der Waals surface area contributed by atoms with Crippen LogP contribution in [0.2, 0.25) is 0 Å². The lowest BCUT2D eigenvalue weighted by Crippen LogP contribution is -2.49. The summed E-state index contributed by atoms with van der Waals surface area (Å²) in [6.45, 7) is 4.98. The van der Waals surface area contributed by atoms with Gasteiger partial charge >= 0.3 is 0 Å². The van der Waals surface area contributed by atoms with Crippen molar-refractivity contribution in [3.05, 3.63) is 17.0 Å². The summed E-state index contributed by atoms with van der Waals surface area (Å²) in [6.07, 6.45) is -0.188. The summed E-state index contributed by atoms with van der Waals surface area (Å²) in [6, 6.07) is 0. The second kappa shape index (κ2) is 7.02. The number of nitrogens with one attached hydrogen (secondary N) is 2. The minimum absolute atomic E-state index is 0.183. The summed E-state index contributed by atoms with van der Waals surface area (Å²) in [5, 5.41) is 19.8. The quantitative estimate of drug-likeness (QED) is 0.712. The third-order valence-electron chi connectivity index (χ3n) is 3.98. The maximum Gasteiger partial charge on any atom is 0.272 e. The van der Waals surface area contributed by atoms with E-state index in [1.165, 1.54) is 7.11 Å². The zero-order chi connectivity index (χ0) is 15.4. The van der Waals surface area contributed by atoms with Gasteiger partial charge < -0.3 is 19.9 Å². The molecule has 0 spiro atoms. The average Bonchev–Trinajstić information content (AvgIpc) is 2.87. The number of aromatic nitrogens is 2. The normalized spacial score (nSPS) is 25.8. The number of ether oxygens (including phenoxy) is 2. The highest BCUT2D eigenvalue weighted by Gasteiger charge is 2.33. The molecular weight excluding hydrogens is 274 g/mol. The van der Waals surface area contributed by atoms with E-state index in [4.69, 9.17) is 9.47 Å². The van der Waals surface area contributed by atoms with Crippen molar-refractivity contribution < 1.29 is 19.4 Å². The second-order valence-electron chi connectivity index (χ2n) is 5.30. The summed E-state index contributed by atoms with van der Waals surface area (Å²) < 4.78 is 10.5. The van der Waals surface area contributed by atoms with Gasteiger partial charge in [0.15, 0.2) is 5.69 Å². The predicted octanol–water partition coefficient (Wildman–Crippen LogP) is 0.0326. The number of methoxy groups -OCH3 is 1. The van der Waals surface area contributed by atoms with Crippen LogP contribution in [0.4, 0.5) is 0 Å². The van der Waals surface area contributed by atoms with Crippen molar-refractivity contribution in [1.82, 2.24) is 15.5 Å². The van der Waals surface area contributed by atoms with Crippen LogP contribution in [0.1, 0.15) is 28.7 Å². The number of rotatable bonds is 5. The maximum absolute atomic E-state index is 12.1. The van der Waals surface area contributed by atoms with E-state index < -0.39 is 6.10 Å². The van der Waals surface area contributed by atoms with Crippen LogP contribution in [0.3, 0.4) is 0 Å². The van der Waals surface area contributed by atoms with Crippen molar-refractivity contribution in [3.63, 3.8) is 0 Å². The van der Waals surface area contributed by atoms with Crippen molar-refractivity contribution in [1.29, 1.82) is 0 Å². The van der Waals surface area contributed by atoms with Crippen molar-refractivity contribution in [2.45, 2.75) is 32.5 Å². The van der Waals surface area contributed by atoms with Gasteiger partial charge in [-0.2, -0.15) is 5.10 Å². The molecule has 0 aromatic carbocycles. The first kappa shape index (κ1) is 15.9. The Balaban J connectivity index is 1.93. The monoisotopic (exact) mass is 297 g/mol. The van der Waals surface area contributed by atoms with Crippen LogP contribution in [0, 0.1) is 12.8 Å². The molecule has 0 aliphatic carbocycles. The molecular formula is C14H23N3O4. The van der Waals surface area contributed by atoms with E-state index in [9.17, 15) is 9.90 Å². The summed E-state index contributed by atoms with van der Waals surface area (Å²) >= 11 is 0. The SMILES string of the molecule is CCc1[nH]nc(C(=O)NC[C@@H]2COC[C@@H](OC)[C@H]2O)c1C. The molecule has 1 amide bonds. The Morgan fingerprint density at radius 3 is 2.95 bits per heavy atom. The lowest BCUT2D eigenvalue weighted by Gasteiger charge is -2.33. The highest BCUT2D eigenvalue weighted by Crippen LogP contribution is 2.17. The first-order chi connectivity index (χ1) is 10.1. The second-order valence-corrected chi connectivity index (χ2v) is 5.30. The number of aromatic amines is 1. The fourth-order valence-corrected chi connectivity index (χ4v) is 2.53. The smallest absolute Gasteiger partial charge is 0.272 e. The van der Waals surface area contributed by atoms with Gasteiger partial charge in [0.1, 0.15) is 6.10 Å². The highest BCUT2D eigenvalue weighted by atomic mass is 16.5. The molecule has 1 fully saturated rings. The van der Waals surface area contributed by atoms with Crippen molar-refractivity contribution >= 4 is 5.91 Å². The number of aliphatic hydroxyl groups excluding tert-OH is 1. The third kappa shape index (κ3) is 3.42. The lowest BCUT2D eigenvalue weighted by atomic mass is 9.96. The fourth-order valence-electron chi connectivity index (χ4n) is 2.53. The highest BCUT2D eigenvalue weighted by molar-refractivity contribution is 5.93. The van der Waals surface area contributed by atoms with Gasteiger partial charge in [-0.25, -0.2) is 0 Å². The van der Waals surface area contributed by atoms with E-state index in [-0.39, 0.29) is 17.9 Å². The minimum Gasteiger partial charge on any atom is -0.390 e. The Hall–Kier alpha value is -1.44. The molecule has 21 heavy (non-hydrogen) atoms. The molecule has 1 saturated heterocycles. The first-order valence-corrected chi connectivity index (χ1v) is 7.19. The number of hydrogen-bond acceptors (Lipinski definition) is 5. The molecule has 0 saturated carbocycles. The molecule has 2 heterocycles. The molecule has 2 rings (SSSR count). The topological polar surface area (TPSA) is 96.5 Å². The zero-order valence-electron chi connectivity index (χ0n) is 12.7. The van der Waals surface area contributed by atoms with E-state index in [2.05, 4.69) is 15.5 Å². The Morgan fingerprint density at radius 2 is 2.33 bits per heavy atom. The van der Waals surface area contributed by atoms with Crippen molar-refractivity contribution in [2.75, 3.05) is 26.9 Å². The Morgan fingerprint density at radius 1 is 1.57 bits per heavy atom. The largest absolute Gasteiger partial charge is 0.390 e. The van der Waals surface area contributed by atoms with Crippen LogP contribution in [0.25, 0.3) is 0 Å². The molecule has 3 N–H and O–H groups in total. The molecule has 1 aliphatic rings. The fraction of sp³-hybridized carbons (Fsp3) is 0.714. The molecule has 7 nitrogen and oxygen atoms in total. The number of carbonyl (C=O) groups excluding carboxylic acids is 1. The van der Waals surface area contributed by atoms with Crippen molar-refractivity contribution in [3.8, 4) is 0 Å². The van der Waals surface area contributed by atoms with Crippen LogP contribution in [0.15, 0.2) is 0 Å². The van der Waals surface area contributed by atoms with Gasteiger partial charge in [0, 0.05) is 30.8 Å². The summed E-state index contributed by atoms with van der Waals surface area (Å²) in [5.74, 6) is -0.423. The van der Waals surface area contributed by atoms with E-state index in [1.807, 2.05) is 13.8 Å². The summed E-state index contributed by atoms with van der Waals surface area (Å²) in [7, 11) is 1.54. The number of H-pyrrole nitrogens is 1. The van der Waals surface area contributed by atoms with Gasteiger partial charge in [-0.3, -0.25) is 9.89 Å². The Labute approximate surface area is 124 Å². The molecule has 1 aromatic heterocycles. The molecule has 0 unspecified atom stereocenters. The molecule has 1 aliphatic heterocycles. The van der Waals surface area contributed by atoms with Crippen LogP contribution in [-0.2, 0) is 15.9 Å². The van der Waals surface area contributed by atoms with Crippen molar-refractivity contribution in [2.24, 2.45) is 5.92 Å². The van der Waals surface area contributed by atoms with E-state index in [0.717, 1.165) is 17.7 Å². The average molecular weight is 297 g/mol. The minimum atomic E-state index is -0.643. The van der Waals surface area contributed by atoms with Crippen LogP contribution in [0.5, 0.6) is 0 Å². The van der Waals surface area contributed by atoms with E-state index >= 15 is 0 Å². The number of aliphatic hydroxyl groups is 1. The third-order valence-corrected chi connectivity index (χ3v) is 3.98. The van der Waals surface area contributed by atoms with Crippen LogP contribution < -0.4 is 5.32 Å². The number of amides is 1. The molecule has 1 aromatic rings. The number of nitrogens with zero attached hydrogens (tertiary/aromatic N) is 1. The van der Waals surface area contributed by atoms with E-state index in [0.29, 0.717) is 25.5 Å². The Kier molecular flexibility index (Phi) is 5.33. The molecule has 3 atom stereocenters.